The topological polar surface area (TPSA) is 366 Å². The Balaban J connectivity index is 0. The number of amides is 4. The lowest BCUT2D eigenvalue weighted by Gasteiger charge is -2.16. The van der Waals surface area contributed by atoms with E-state index in [2.05, 4.69) is 31.4 Å². The van der Waals surface area contributed by atoms with Crippen LogP contribution in [0.3, 0.4) is 0 Å². The number of hydrogen-bond acceptors (Lipinski definition) is 17. The Morgan fingerprint density at radius 3 is 2.03 bits per heavy atom. The predicted molar refractivity (Wildman–Crippen MR) is 258 cm³/mol. The summed E-state index contributed by atoms with van der Waals surface area (Å²) < 4.78 is 48.9. The second kappa shape index (κ2) is 39.8. The standard InChI is InChI=1S/C28H44N4O12S.C17H25N3O3.CH4.FHO/c1-43-14-15-44-13-3-7-22(33)10-11-25(28(39)40)30-26(36)12-9-20(27(37)38)17-23(34)8-4-16-45(41,42)19-24(35)6-2-5-21-18-29-32-31-21;1-3-15(21)20-14(16(18)22)6-4-5-11-19-17(23)13-9-7-12(2)8-10-13;;1-2/h20,25H,2-19H2,1H3,(H,30,36)(H,37,38)(H,39,40);7-10,14H,3-6,11H2,1-2H3,(H2,18,22)(H,19,23)(H,20,21);1H4;2H/i;;1T;. The zero-order chi connectivity index (χ0) is 54.9. The number of aliphatic carboxylic acids is 2. The highest BCUT2D eigenvalue weighted by molar-refractivity contribution is 7.92. The van der Waals surface area contributed by atoms with E-state index in [4.69, 9.17) is 26.4 Å². The van der Waals surface area contributed by atoms with E-state index in [-0.39, 0.29) is 69.0 Å². The van der Waals surface area contributed by atoms with Crippen LogP contribution in [-0.4, -0.2) is 146 Å². The highest BCUT2D eigenvalue weighted by Gasteiger charge is 2.26. The number of rotatable bonds is 37. The first-order chi connectivity index (χ1) is 34.3. The maximum Gasteiger partial charge on any atom is 0.326 e. The van der Waals surface area contributed by atoms with Gasteiger partial charge in [-0.3, -0.25) is 38.4 Å². The number of ketones is 3. The predicted octanol–water partition coefficient (Wildman–Crippen LogP) is 3.32. The lowest BCUT2D eigenvalue weighted by molar-refractivity contribution is -0.145. The Morgan fingerprint density at radius 2 is 1.44 bits per heavy atom. The number of nitrogens with two attached hydrogens (primary N) is 1. The van der Waals surface area contributed by atoms with Crippen LogP contribution in [0.4, 0.5) is 4.53 Å². The second-order valence-electron chi connectivity index (χ2n) is 16.2. The van der Waals surface area contributed by atoms with Gasteiger partial charge in [0.05, 0.1) is 30.6 Å². The Morgan fingerprint density at radius 1 is 0.789 bits per heavy atom. The molecular weight excluding hydrogens is 958 g/mol. The van der Waals surface area contributed by atoms with Crippen molar-refractivity contribution in [2.24, 2.45) is 27.1 Å². The minimum Gasteiger partial charge on any atom is -0.481 e. The van der Waals surface area contributed by atoms with E-state index in [1.807, 2.05) is 19.1 Å². The van der Waals surface area contributed by atoms with Crippen LogP contribution in [0.25, 0.3) is 0 Å². The minimum atomic E-state index is -3.75. The molecule has 0 spiro atoms. The molecule has 1 aliphatic heterocycles. The number of carboxylic acid groups (broad SMARTS) is 2. The largest absolute Gasteiger partial charge is 0.481 e. The molecule has 23 nitrogen and oxygen atoms in total. The van der Waals surface area contributed by atoms with Gasteiger partial charge in [-0.1, -0.05) is 36.5 Å². The van der Waals surface area contributed by atoms with Crippen LogP contribution < -0.4 is 21.7 Å². The maximum absolute atomic E-state index is 12.4. The number of carboxylic acids is 2. The number of nitrogens with zero attached hydrogens (tertiary/aromatic N) is 3. The molecule has 2 rings (SSSR count). The van der Waals surface area contributed by atoms with Gasteiger partial charge >= 0.3 is 11.9 Å². The number of unbranched alkanes of at least 4 members (excludes halogenated alkanes) is 1. The van der Waals surface area contributed by atoms with E-state index in [1.54, 1.807) is 19.1 Å². The van der Waals surface area contributed by atoms with Gasteiger partial charge in [-0.15, -0.1) is 5.10 Å². The van der Waals surface area contributed by atoms with Crippen molar-refractivity contribution in [2.75, 3.05) is 51.5 Å². The third kappa shape index (κ3) is 34.1. The number of primary amides is 1. The first kappa shape index (κ1) is 65.1. The average Bonchev–Trinajstić information content (AvgIpc) is 3.87. The summed E-state index contributed by atoms with van der Waals surface area (Å²) in [6, 6.07) is 5.37. The first-order valence-electron chi connectivity index (χ1n) is 23.9. The molecule has 1 aromatic carbocycles. The quantitative estimate of drug-likeness (QED) is 0.0470. The van der Waals surface area contributed by atoms with Crippen LogP contribution in [0.1, 0.15) is 134 Å². The number of aryl methyl sites for hydroxylation is 1. The van der Waals surface area contributed by atoms with E-state index in [1.165, 1.54) is 14.5 Å². The van der Waals surface area contributed by atoms with Crippen molar-refractivity contribution in [1.29, 1.82) is 0 Å². The zero-order valence-electron chi connectivity index (χ0n) is 42.2. The van der Waals surface area contributed by atoms with Gasteiger partial charge in [-0.05, 0) is 82.1 Å². The van der Waals surface area contributed by atoms with E-state index in [0.717, 1.165) is 11.3 Å². The maximum atomic E-state index is 12.4. The van der Waals surface area contributed by atoms with Crippen LogP contribution >= 0.6 is 0 Å². The Kier molecular flexibility index (Phi) is 36.4. The fraction of sp³-hybridized carbons (Fsp3) is 0.652. The fourth-order valence-electron chi connectivity index (χ4n) is 6.37. The molecule has 3 atom stereocenters. The zero-order valence-corrected chi connectivity index (χ0v) is 42.0. The summed E-state index contributed by atoms with van der Waals surface area (Å²) >= 11 is 0. The normalized spacial score (nSPS) is 12.8. The van der Waals surface area contributed by atoms with Gasteiger partial charge in [0, 0.05) is 72.1 Å². The number of nitrogens with one attached hydrogen (secondary N) is 3. The van der Waals surface area contributed by atoms with E-state index in [0.29, 0.717) is 83.4 Å². The molecule has 4 amide bonds. The molecule has 1 aliphatic rings. The summed E-state index contributed by atoms with van der Waals surface area (Å²) in [5.74, 6) is -7.68. The summed E-state index contributed by atoms with van der Waals surface area (Å²) in [4.78, 5) is 106. The fourth-order valence-corrected chi connectivity index (χ4v) is 7.73. The number of Topliss-reactive ketones (excluding diaryl/α,β-unsaturated/α-hetero) is 3. The average molecular weight is 1030 g/mol. The molecular formula is C46H74FN7O16S. The molecule has 3 unspecified atom stereocenters. The van der Waals surface area contributed by atoms with E-state index >= 15 is 0 Å². The van der Waals surface area contributed by atoms with Crippen LogP contribution in [0.15, 0.2) is 39.7 Å². The molecule has 0 saturated carbocycles. The second-order valence-corrected chi connectivity index (χ2v) is 18.4. The van der Waals surface area contributed by atoms with Gasteiger partial charge < -0.3 is 41.4 Å². The van der Waals surface area contributed by atoms with Crippen molar-refractivity contribution >= 4 is 68.5 Å². The number of carbonyl (C=O) groups excluding carboxylic acids is 7. The Labute approximate surface area is 416 Å². The number of methoxy groups -OCH3 is 1. The molecule has 0 bridgehead atoms. The molecule has 1 aromatic rings. The highest BCUT2D eigenvalue weighted by Crippen LogP contribution is 2.16. The van der Waals surface area contributed by atoms with Crippen molar-refractivity contribution in [3.05, 3.63) is 35.4 Å². The summed E-state index contributed by atoms with van der Waals surface area (Å²) in [5.41, 5.74) is 7.72. The number of carbonyl (C=O) groups is 9. The number of sulfone groups is 1. The molecule has 402 valence electrons. The van der Waals surface area contributed by atoms with Crippen molar-refractivity contribution in [2.45, 2.75) is 136 Å². The molecule has 8 N–H and O–H groups in total. The van der Waals surface area contributed by atoms with Gasteiger partial charge in [-0.2, -0.15) is 5.11 Å². The summed E-state index contributed by atoms with van der Waals surface area (Å²) in [7, 11) is -0.959. The van der Waals surface area contributed by atoms with E-state index < -0.39 is 81.1 Å². The smallest absolute Gasteiger partial charge is 0.326 e. The highest BCUT2D eigenvalue weighted by atomic mass is 32.2. The molecule has 25 heteroatoms. The van der Waals surface area contributed by atoms with Crippen molar-refractivity contribution < 1.29 is 82.5 Å². The first-order valence-corrected chi connectivity index (χ1v) is 24.7. The number of halogens is 1. The van der Waals surface area contributed by atoms with Crippen LogP contribution in [0, 0.1) is 12.8 Å². The molecule has 0 saturated heterocycles. The van der Waals surface area contributed by atoms with Gasteiger partial charge in [0.1, 0.15) is 41.7 Å². The molecule has 1 heterocycles. The minimum absolute atomic E-state index is 0.0578. The summed E-state index contributed by atoms with van der Waals surface area (Å²) in [6.45, 7) is 5.76. The molecule has 71 heavy (non-hydrogen) atoms. The third-order valence-electron chi connectivity index (χ3n) is 10.3. The molecule has 0 radical (unpaired) electrons. The van der Waals surface area contributed by atoms with E-state index in [9.17, 15) is 61.8 Å². The van der Waals surface area contributed by atoms with Crippen LogP contribution in [0.5, 0.6) is 0 Å². The SMILES string of the molecule is CCC(=O)NC(CCCCNC(=O)c1ccc(C)cc1)C(N)=O.COCCOCCCC(=O)CCC(NC(=O)CCC(CC(=O)CCCS(=O)(=O)CC(=O)CCCC1=NN=NC1)C(=O)O)C(=O)O.OF.[3H]C. The third-order valence-corrected chi connectivity index (χ3v) is 12.0. The van der Waals surface area contributed by atoms with Gasteiger partial charge in [0.2, 0.25) is 17.7 Å². The van der Waals surface area contributed by atoms with Gasteiger partial charge in [-0.25, -0.2) is 18.5 Å². The van der Waals surface area contributed by atoms with Crippen molar-refractivity contribution in [1.82, 2.24) is 16.0 Å². The number of benzene rings is 1. The van der Waals surface area contributed by atoms with Gasteiger partial charge in [0.25, 0.3) is 5.91 Å². The monoisotopic (exact) mass is 1030 g/mol. The molecule has 0 aromatic heterocycles. The number of hydrogen-bond donors (Lipinski definition) is 7. The van der Waals surface area contributed by atoms with Crippen LogP contribution in [-0.2, 0) is 57.7 Å². The van der Waals surface area contributed by atoms with Gasteiger partial charge in [0.15, 0.2) is 9.84 Å². The van der Waals surface area contributed by atoms with Crippen LogP contribution in [0.2, 0.25) is 0 Å². The summed E-state index contributed by atoms with van der Waals surface area (Å²) in [6.07, 6.45) is 2.26. The molecule has 0 fully saturated rings. The summed E-state index contributed by atoms with van der Waals surface area (Å²) in [5, 5.41) is 43.1. The number of ether oxygens (including phenoxy) is 2. The lowest BCUT2D eigenvalue weighted by atomic mass is 9.95. The molecule has 0 aliphatic carbocycles. The Bertz CT molecular complexity index is 2010. The van der Waals surface area contributed by atoms with Crippen molar-refractivity contribution in [3.63, 3.8) is 0 Å². The Hall–Kier alpha value is -5.92. The lowest BCUT2D eigenvalue weighted by Crippen LogP contribution is -2.44. The van der Waals surface area contributed by atoms with Crippen molar-refractivity contribution in [3.8, 4) is 0 Å².